The van der Waals surface area contributed by atoms with Crippen LogP contribution in [0.3, 0.4) is 0 Å². The van der Waals surface area contributed by atoms with Crippen molar-refractivity contribution in [2.75, 3.05) is 19.3 Å². The summed E-state index contributed by atoms with van der Waals surface area (Å²) in [4.78, 5) is 4.46. The van der Waals surface area contributed by atoms with Crippen LogP contribution in [0, 0.1) is 19.8 Å². The van der Waals surface area contributed by atoms with Crippen LogP contribution in [0.25, 0.3) is 0 Å². The molecule has 2 unspecified atom stereocenters. The van der Waals surface area contributed by atoms with Crippen LogP contribution in [0.4, 0.5) is 0 Å². The number of sulfonamides is 1. The zero-order valence-corrected chi connectivity index (χ0v) is 13.9. The number of aryl methyl sites for hydroxylation is 2. The molecule has 0 saturated carbocycles. The lowest BCUT2D eigenvalue weighted by atomic mass is 9.89. The molecule has 1 saturated heterocycles. The molecule has 0 radical (unpaired) electrons. The van der Waals surface area contributed by atoms with E-state index in [-0.39, 0.29) is 6.04 Å². The molecule has 0 bridgehead atoms. The third-order valence-electron chi connectivity index (χ3n) is 4.20. The van der Waals surface area contributed by atoms with E-state index in [0.29, 0.717) is 19.0 Å². The maximum Gasteiger partial charge on any atom is 0.211 e. The normalized spacial score (nSPS) is 22.2. The number of pyridine rings is 1. The Morgan fingerprint density at radius 2 is 2.14 bits per heavy atom. The number of nitrogens with zero attached hydrogens (tertiary/aromatic N) is 2. The SMILES string of the molecule is Cc1ccc(C(N)CC2CCCN(S(C)(=O)=O)C2)c(C)n1. The predicted octanol–water partition coefficient (Wildman–Crippen LogP) is 1.76. The van der Waals surface area contributed by atoms with Gasteiger partial charge in [0.05, 0.1) is 6.26 Å². The van der Waals surface area contributed by atoms with Gasteiger partial charge < -0.3 is 5.73 Å². The third kappa shape index (κ3) is 4.25. The first-order valence-electron chi connectivity index (χ1n) is 7.42. The molecule has 118 valence electrons. The maximum atomic E-state index is 11.7. The van der Waals surface area contributed by atoms with Crippen molar-refractivity contribution in [2.24, 2.45) is 11.7 Å². The monoisotopic (exact) mass is 311 g/mol. The Bertz CT molecular complexity index is 601. The van der Waals surface area contributed by atoms with Crippen LogP contribution in [0.15, 0.2) is 12.1 Å². The fourth-order valence-corrected chi connectivity index (χ4v) is 4.04. The first kappa shape index (κ1) is 16.4. The summed E-state index contributed by atoms with van der Waals surface area (Å²) in [6.07, 6.45) is 4.04. The Balaban J connectivity index is 2.03. The Labute approximate surface area is 127 Å². The van der Waals surface area contributed by atoms with Crippen LogP contribution >= 0.6 is 0 Å². The third-order valence-corrected chi connectivity index (χ3v) is 5.47. The van der Waals surface area contributed by atoms with Crippen molar-refractivity contribution in [1.82, 2.24) is 9.29 Å². The summed E-state index contributed by atoms with van der Waals surface area (Å²) < 4.78 is 24.9. The lowest BCUT2D eigenvalue weighted by molar-refractivity contribution is 0.247. The zero-order chi connectivity index (χ0) is 15.6. The zero-order valence-electron chi connectivity index (χ0n) is 13.0. The van der Waals surface area contributed by atoms with Gasteiger partial charge in [0.25, 0.3) is 0 Å². The molecule has 1 fully saturated rings. The molecule has 1 aliphatic heterocycles. The molecule has 2 N–H and O–H groups in total. The topological polar surface area (TPSA) is 76.3 Å². The number of rotatable bonds is 4. The molecule has 0 aromatic carbocycles. The number of hydrogen-bond acceptors (Lipinski definition) is 4. The van der Waals surface area contributed by atoms with Crippen molar-refractivity contribution < 1.29 is 8.42 Å². The van der Waals surface area contributed by atoms with Crippen LogP contribution in [0.5, 0.6) is 0 Å². The quantitative estimate of drug-likeness (QED) is 0.919. The van der Waals surface area contributed by atoms with Crippen molar-refractivity contribution in [3.8, 4) is 0 Å². The van der Waals surface area contributed by atoms with Crippen molar-refractivity contribution >= 4 is 10.0 Å². The number of aromatic nitrogens is 1. The fourth-order valence-electron chi connectivity index (χ4n) is 3.10. The molecule has 21 heavy (non-hydrogen) atoms. The Morgan fingerprint density at radius 1 is 1.43 bits per heavy atom. The van der Waals surface area contributed by atoms with Crippen molar-refractivity contribution in [3.63, 3.8) is 0 Å². The van der Waals surface area contributed by atoms with Gasteiger partial charge in [0.1, 0.15) is 0 Å². The second-order valence-corrected chi connectivity index (χ2v) is 8.08. The van der Waals surface area contributed by atoms with Crippen LogP contribution in [0.2, 0.25) is 0 Å². The minimum Gasteiger partial charge on any atom is -0.324 e. The number of piperidine rings is 1. The molecule has 5 nitrogen and oxygen atoms in total. The van der Waals surface area contributed by atoms with Crippen molar-refractivity contribution in [1.29, 1.82) is 0 Å². The van der Waals surface area contributed by atoms with Gasteiger partial charge >= 0.3 is 0 Å². The largest absolute Gasteiger partial charge is 0.324 e. The van der Waals surface area contributed by atoms with Crippen LogP contribution in [-0.4, -0.2) is 37.1 Å². The fraction of sp³-hybridized carbons (Fsp3) is 0.667. The van der Waals surface area contributed by atoms with E-state index >= 15 is 0 Å². The molecular formula is C15H25N3O2S. The first-order chi connectivity index (χ1) is 9.77. The summed E-state index contributed by atoms with van der Waals surface area (Å²) in [6.45, 7) is 5.17. The van der Waals surface area contributed by atoms with E-state index in [1.165, 1.54) is 6.26 Å². The highest BCUT2D eigenvalue weighted by atomic mass is 32.2. The molecule has 1 aliphatic rings. The second kappa shape index (κ2) is 6.42. The highest BCUT2D eigenvalue weighted by molar-refractivity contribution is 7.88. The van der Waals surface area contributed by atoms with Gasteiger partial charge in [0, 0.05) is 30.5 Å². The van der Waals surface area contributed by atoms with Crippen molar-refractivity contribution in [3.05, 3.63) is 29.1 Å². The van der Waals surface area contributed by atoms with Gasteiger partial charge in [-0.3, -0.25) is 4.98 Å². The van der Waals surface area contributed by atoms with Crippen LogP contribution < -0.4 is 5.73 Å². The summed E-state index contributed by atoms with van der Waals surface area (Å²) in [7, 11) is -3.09. The van der Waals surface area contributed by atoms with Gasteiger partial charge in [0.15, 0.2) is 0 Å². The number of nitrogens with two attached hydrogens (primary N) is 1. The van der Waals surface area contributed by atoms with E-state index in [9.17, 15) is 8.42 Å². The molecular weight excluding hydrogens is 286 g/mol. The Kier molecular flexibility index (Phi) is 5.01. The second-order valence-electron chi connectivity index (χ2n) is 6.10. The molecule has 0 aliphatic carbocycles. The lowest BCUT2D eigenvalue weighted by Crippen LogP contribution is -2.40. The van der Waals surface area contributed by atoms with Crippen LogP contribution in [0.1, 0.15) is 42.3 Å². The van der Waals surface area contributed by atoms with E-state index in [1.807, 2.05) is 26.0 Å². The Hall–Kier alpha value is -0.980. The van der Waals surface area contributed by atoms with Gasteiger partial charge in [-0.05, 0) is 50.7 Å². The van der Waals surface area contributed by atoms with E-state index in [4.69, 9.17) is 5.73 Å². The van der Waals surface area contributed by atoms with Gasteiger partial charge in [-0.1, -0.05) is 6.07 Å². The first-order valence-corrected chi connectivity index (χ1v) is 9.27. The molecule has 2 heterocycles. The predicted molar refractivity (Wildman–Crippen MR) is 84.4 cm³/mol. The minimum atomic E-state index is -3.09. The van der Waals surface area contributed by atoms with E-state index in [2.05, 4.69) is 4.98 Å². The lowest BCUT2D eigenvalue weighted by Gasteiger charge is -2.32. The van der Waals surface area contributed by atoms with Gasteiger partial charge in [-0.25, -0.2) is 12.7 Å². The van der Waals surface area contributed by atoms with Gasteiger partial charge in [0.2, 0.25) is 10.0 Å². The highest BCUT2D eigenvalue weighted by Gasteiger charge is 2.27. The molecule has 1 aromatic rings. The molecule has 0 amide bonds. The van der Waals surface area contributed by atoms with E-state index in [0.717, 1.165) is 36.2 Å². The minimum absolute atomic E-state index is 0.0809. The summed E-state index contributed by atoms with van der Waals surface area (Å²) in [5, 5.41) is 0. The molecule has 0 spiro atoms. The summed E-state index contributed by atoms with van der Waals surface area (Å²) in [5.41, 5.74) is 9.35. The summed E-state index contributed by atoms with van der Waals surface area (Å²) >= 11 is 0. The molecule has 6 heteroatoms. The van der Waals surface area contributed by atoms with Crippen molar-refractivity contribution in [2.45, 2.75) is 39.2 Å². The average Bonchev–Trinajstić information content (AvgIpc) is 2.37. The molecule has 1 aromatic heterocycles. The molecule has 2 rings (SSSR count). The number of hydrogen-bond donors (Lipinski definition) is 1. The van der Waals surface area contributed by atoms with Crippen LogP contribution in [-0.2, 0) is 10.0 Å². The standard InChI is InChI=1S/C15H25N3O2S/c1-11-6-7-14(12(2)17-11)15(16)9-13-5-4-8-18(10-13)21(3,19)20/h6-7,13,15H,4-5,8-10,16H2,1-3H3. The maximum absolute atomic E-state index is 11.7. The van der Waals surface area contributed by atoms with E-state index in [1.54, 1.807) is 4.31 Å². The summed E-state index contributed by atoms with van der Waals surface area (Å²) in [5.74, 6) is 0.323. The van der Waals surface area contributed by atoms with Gasteiger partial charge in [-0.2, -0.15) is 0 Å². The smallest absolute Gasteiger partial charge is 0.211 e. The average molecular weight is 311 g/mol. The summed E-state index contributed by atoms with van der Waals surface area (Å²) in [6, 6.07) is 3.94. The highest BCUT2D eigenvalue weighted by Crippen LogP contribution is 2.28. The van der Waals surface area contributed by atoms with E-state index < -0.39 is 10.0 Å². The van der Waals surface area contributed by atoms with Gasteiger partial charge in [-0.15, -0.1) is 0 Å². The Morgan fingerprint density at radius 3 is 2.76 bits per heavy atom. The molecule has 2 atom stereocenters.